The maximum absolute atomic E-state index is 13.6. The highest BCUT2D eigenvalue weighted by molar-refractivity contribution is 5.92. The topological polar surface area (TPSA) is 76.5 Å². The molecule has 2 amide bonds. The summed E-state index contributed by atoms with van der Waals surface area (Å²) in [7, 11) is 0. The van der Waals surface area contributed by atoms with Gasteiger partial charge in [0.1, 0.15) is 5.82 Å². The Morgan fingerprint density at radius 2 is 1.71 bits per heavy atom. The first-order valence-corrected chi connectivity index (χ1v) is 12.3. The van der Waals surface area contributed by atoms with Crippen molar-refractivity contribution in [3.8, 4) is 0 Å². The van der Waals surface area contributed by atoms with Crippen LogP contribution in [0.25, 0.3) is 0 Å². The molecule has 2 aliphatic heterocycles. The van der Waals surface area contributed by atoms with E-state index in [2.05, 4.69) is 15.3 Å². The molecule has 168 valence electrons. The van der Waals surface area contributed by atoms with E-state index in [9.17, 15) is 9.59 Å². The average molecular weight is 427 g/mol. The number of piperidine rings is 1. The van der Waals surface area contributed by atoms with Crippen LogP contribution < -0.4 is 5.32 Å². The molecule has 0 unspecified atom stereocenters. The van der Waals surface area contributed by atoms with Gasteiger partial charge in [-0.2, -0.15) is 5.10 Å². The number of carbonyl (C=O) groups is 2. The molecular formula is C24H34N4O3. The third kappa shape index (κ3) is 3.49. The van der Waals surface area contributed by atoms with Gasteiger partial charge in [-0.05, 0) is 75.5 Å². The quantitative estimate of drug-likeness (QED) is 0.802. The number of ether oxygens (including phenoxy) is 1. The Morgan fingerprint density at radius 1 is 1.03 bits per heavy atom. The van der Waals surface area contributed by atoms with E-state index in [1.54, 1.807) is 6.20 Å². The summed E-state index contributed by atoms with van der Waals surface area (Å²) in [6.45, 7) is 2.77. The molecule has 3 heterocycles. The molecule has 7 nitrogen and oxygen atoms in total. The van der Waals surface area contributed by atoms with E-state index in [1.165, 1.54) is 19.3 Å². The maximum Gasteiger partial charge on any atom is 0.231 e. The summed E-state index contributed by atoms with van der Waals surface area (Å²) in [5, 5.41) is 7.56. The zero-order valence-electron chi connectivity index (χ0n) is 18.3. The van der Waals surface area contributed by atoms with E-state index in [-0.39, 0.29) is 23.3 Å². The highest BCUT2D eigenvalue weighted by Gasteiger charge is 2.55. The van der Waals surface area contributed by atoms with Crippen LogP contribution in [0.4, 0.5) is 5.82 Å². The van der Waals surface area contributed by atoms with Crippen LogP contribution in [0.3, 0.4) is 0 Å². The molecule has 6 aliphatic rings. The molecule has 31 heavy (non-hydrogen) atoms. The summed E-state index contributed by atoms with van der Waals surface area (Å²) in [6.07, 6.45) is 11.9. The fourth-order valence-corrected chi connectivity index (χ4v) is 7.70. The lowest BCUT2D eigenvalue weighted by atomic mass is 9.49. The van der Waals surface area contributed by atoms with Crippen LogP contribution >= 0.6 is 0 Å². The van der Waals surface area contributed by atoms with E-state index in [0.717, 1.165) is 75.2 Å². The molecule has 7 rings (SSSR count). The predicted molar refractivity (Wildman–Crippen MR) is 115 cm³/mol. The van der Waals surface area contributed by atoms with Gasteiger partial charge >= 0.3 is 0 Å². The van der Waals surface area contributed by atoms with Gasteiger partial charge in [0.15, 0.2) is 0 Å². The van der Waals surface area contributed by atoms with Crippen molar-refractivity contribution in [3.05, 3.63) is 12.3 Å². The number of hydrogen-bond donors (Lipinski definition) is 1. The highest BCUT2D eigenvalue weighted by Crippen LogP contribution is 2.60. The Morgan fingerprint density at radius 3 is 2.32 bits per heavy atom. The minimum atomic E-state index is -0.0666. The second-order valence-electron chi connectivity index (χ2n) is 10.9. The Balaban J connectivity index is 1.09. The monoisotopic (exact) mass is 426 g/mol. The van der Waals surface area contributed by atoms with Crippen molar-refractivity contribution >= 4 is 17.6 Å². The van der Waals surface area contributed by atoms with Gasteiger partial charge in [-0.25, -0.2) is 4.68 Å². The molecule has 1 N–H and O–H groups in total. The first-order chi connectivity index (χ1) is 15.1. The van der Waals surface area contributed by atoms with Crippen molar-refractivity contribution in [2.75, 3.05) is 31.6 Å². The summed E-state index contributed by atoms with van der Waals surface area (Å²) in [4.78, 5) is 28.3. The molecule has 6 fully saturated rings. The van der Waals surface area contributed by atoms with Crippen LogP contribution in [0.5, 0.6) is 0 Å². The number of nitrogens with one attached hydrogen (secondary N) is 1. The molecule has 2 saturated heterocycles. The molecule has 4 aliphatic carbocycles. The molecule has 0 radical (unpaired) electrons. The molecule has 4 bridgehead atoms. The normalized spacial score (nSPS) is 37.4. The maximum atomic E-state index is 13.6. The molecule has 4 saturated carbocycles. The smallest absolute Gasteiger partial charge is 0.231 e. The zero-order chi connectivity index (χ0) is 21.0. The summed E-state index contributed by atoms with van der Waals surface area (Å²) >= 11 is 0. The first kappa shape index (κ1) is 19.8. The van der Waals surface area contributed by atoms with Gasteiger partial charge in [0.2, 0.25) is 11.8 Å². The van der Waals surface area contributed by atoms with Gasteiger partial charge < -0.3 is 15.0 Å². The number of nitrogens with zero attached hydrogens (tertiary/aromatic N) is 3. The standard InChI is InChI=1S/C24H34N4O3/c29-22(19-4-8-31-15-19)26-21-1-5-25-28(21)20-2-6-27(7-3-20)23(30)24-12-16-9-17(13-24)11-18(10-16)14-24/h1,5,16-20H,2-4,6-15H2,(H,26,29)/t16?,17?,18?,19-,24?/m1/s1. The van der Waals surface area contributed by atoms with Crippen molar-refractivity contribution in [3.63, 3.8) is 0 Å². The van der Waals surface area contributed by atoms with Gasteiger partial charge in [-0.1, -0.05) is 0 Å². The number of amides is 2. The fourth-order valence-electron chi connectivity index (χ4n) is 7.70. The average Bonchev–Trinajstić information content (AvgIpc) is 3.45. The Hall–Kier alpha value is -1.89. The second-order valence-corrected chi connectivity index (χ2v) is 10.9. The fraction of sp³-hybridized carbons (Fsp3) is 0.792. The van der Waals surface area contributed by atoms with E-state index < -0.39 is 0 Å². The Bertz CT molecular complexity index is 815. The molecule has 1 aromatic heterocycles. The van der Waals surface area contributed by atoms with Crippen LogP contribution in [-0.4, -0.2) is 52.8 Å². The molecule has 0 spiro atoms. The number of likely N-dealkylation sites (tertiary alicyclic amines) is 1. The lowest BCUT2D eigenvalue weighted by Gasteiger charge is -2.57. The summed E-state index contributed by atoms with van der Waals surface area (Å²) in [5.74, 6) is 3.56. The number of aromatic nitrogens is 2. The minimum absolute atomic E-state index is 0.0219. The van der Waals surface area contributed by atoms with Crippen LogP contribution in [0.15, 0.2) is 12.3 Å². The Labute approximate surface area is 183 Å². The van der Waals surface area contributed by atoms with E-state index in [4.69, 9.17) is 4.74 Å². The van der Waals surface area contributed by atoms with Gasteiger partial charge in [0, 0.05) is 25.8 Å². The molecule has 1 aromatic rings. The summed E-state index contributed by atoms with van der Waals surface area (Å²) in [6, 6.07) is 2.10. The SMILES string of the molecule is O=C(Nc1ccnn1C1CCN(C(=O)C23CC4CC(CC(C4)C2)C3)CC1)[C@@H]1CCOC1. The third-order valence-corrected chi connectivity index (χ3v) is 8.81. The van der Waals surface area contributed by atoms with Gasteiger partial charge in [0.25, 0.3) is 0 Å². The van der Waals surface area contributed by atoms with Crippen LogP contribution in [0.2, 0.25) is 0 Å². The molecule has 0 aromatic carbocycles. The first-order valence-electron chi connectivity index (χ1n) is 12.3. The van der Waals surface area contributed by atoms with Crippen LogP contribution in [0.1, 0.15) is 63.8 Å². The molecule has 1 atom stereocenters. The van der Waals surface area contributed by atoms with Crippen molar-refractivity contribution in [2.24, 2.45) is 29.1 Å². The van der Waals surface area contributed by atoms with Crippen molar-refractivity contribution in [1.29, 1.82) is 0 Å². The van der Waals surface area contributed by atoms with Crippen LogP contribution in [-0.2, 0) is 14.3 Å². The number of carbonyl (C=O) groups excluding carboxylic acids is 2. The predicted octanol–water partition coefficient (Wildman–Crippen LogP) is 3.24. The number of anilines is 1. The highest BCUT2D eigenvalue weighted by atomic mass is 16.5. The van der Waals surface area contributed by atoms with Crippen molar-refractivity contribution in [1.82, 2.24) is 14.7 Å². The second kappa shape index (κ2) is 7.61. The number of rotatable bonds is 4. The van der Waals surface area contributed by atoms with E-state index >= 15 is 0 Å². The van der Waals surface area contributed by atoms with E-state index in [0.29, 0.717) is 19.1 Å². The minimum Gasteiger partial charge on any atom is -0.381 e. The number of hydrogen-bond acceptors (Lipinski definition) is 4. The summed E-state index contributed by atoms with van der Waals surface area (Å²) < 4.78 is 7.30. The van der Waals surface area contributed by atoms with Crippen molar-refractivity contribution < 1.29 is 14.3 Å². The van der Waals surface area contributed by atoms with Gasteiger partial charge in [0.05, 0.1) is 30.2 Å². The van der Waals surface area contributed by atoms with Gasteiger partial charge in [-0.3, -0.25) is 9.59 Å². The van der Waals surface area contributed by atoms with Crippen LogP contribution in [0, 0.1) is 29.1 Å². The molecular weight excluding hydrogens is 392 g/mol. The summed E-state index contributed by atoms with van der Waals surface area (Å²) in [5.41, 5.74) is -0.0459. The lowest BCUT2D eigenvalue weighted by molar-refractivity contribution is -0.159. The zero-order valence-corrected chi connectivity index (χ0v) is 18.3. The molecule has 7 heteroatoms. The van der Waals surface area contributed by atoms with Crippen molar-refractivity contribution in [2.45, 2.75) is 63.8 Å². The largest absolute Gasteiger partial charge is 0.381 e. The third-order valence-electron chi connectivity index (χ3n) is 8.81. The van der Waals surface area contributed by atoms with Gasteiger partial charge in [-0.15, -0.1) is 0 Å². The Kier molecular flexibility index (Phi) is 4.85. The lowest BCUT2D eigenvalue weighted by Crippen LogP contribution is -2.55. The van der Waals surface area contributed by atoms with E-state index in [1.807, 2.05) is 10.7 Å².